The second kappa shape index (κ2) is 5.54. The van der Waals surface area contributed by atoms with Crippen molar-refractivity contribution >= 4 is 0 Å². The van der Waals surface area contributed by atoms with E-state index in [0.717, 1.165) is 5.56 Å². The predicted molar refractivity (Wildman–Crippen MR) is 72.1 cm³/mol. The van der Waals surface area contributed by atoms with E-state index in [-0.39, 0.29) is 11.6 Å². The summed E-state index contributed by atoms with van der Waals surface area (Å²) in [6.45, 7) is 4.38. The van der Waals surface area contributed by atoms with E-state index >= 15 is 0 Å². The van der Waals surface area contributed by atoms with Crippen LogP contribution in [0.1, 0.15) is 25.5 Å². The van der Waals surface area contributed by atoms with Crippen LogP contribution in [0.3, 0.4) is 0 Å². The number of ether oxygens (including phenoxy) is 1. The highest BCUT2D eigenvalue weighted by Crippen LogP contribution is 2.16. The Morgan fingerprint density at radius 1 is 1.17 bits per heavy atom. The lowest BCUT2D eigenvalue weighted by molar-refractivity contribution is 0.331. The smallest absolute Gasteiger partial charge is 0.293 e. The molecule has 3 nitrogen and oxygen atoms in total. The average molecular weight is 243 g/mol. The monoisotopic (exact) mass is 243 g/mol. The van der Waals surface area contributed by atoms with Gasteiger partial charge in [0.15, 0.2) is 5.75 Å². The van der Waals surface area contributed by atoms with Gasteiger partial charge in [-0.25, -0.2) is 0 Å². The highest BCUT2D eigenvalue weighted by atomic mass is 16.5. The quantitative estimate of drug-likeness (QED) is 0.826. The Bertz CT molecular complexity index is 560. The predicted octanol–water partition coefficient (Wildman–Crippen LogP) is 2.86. The Balaban J connectivity index is 2.40. The fourth-order valence-corrected chi connectivity index (χ4v) is 1.95. The maximum atomic E-state index is 12.2. The molecule has 2 rings (SSSR count). The number of hydrogen-bond acceptors (Lipinski definition) is 2. The highest BCUT2D eigenvalue weighted by molar-refractivity contribution is 5.23. The Morgan fingerprint density at radius 3 is 2.56 bits per heavy atom. The molecular formula is C15H17NO2. The van der Waals surface area contributed by atoms with Gasteiger partial charge >= 0.3 is 0 Å². The van der Waals surface area contributed by atoms with Crippen molar-refractivity contribution in [1.82, 2.24) is 4.57 Å². The topological polar surface area (TPSA) is 31.2 Å². The Hall–Kier alpha value is -2.03. The molecule has 0 saturated carbocycles. The minimum Gasteiger partial charge on any atom is -0.488 e. The zero-order valence-electron chi connectivity index (χ0n) is 10.7. The van der Waals surface area contributed by atoms with E-state index in [1.54, 1.807) is 16.8 Å². The van der Waals surface area contributed by atoms with Gasteiger partial charge < -0.3 is 9.30 Å². The third-order valence-electron chi connectivity index (χ3n) is 2.94. The van der Waals surface area contributed by atoms with Crippen molar-refractivity contribution in [3.8, 4) is 5.75 Å². The summed E-state index contributed by atoms with van der Waals surface area (Å²) in [5.74, 6) is 0.405. The van der Waals surface area contributed by atoms with Crippen LogP contribution in [0.4, 0.5) is 0 Å². The molecule has 18 heavy (non-hydrogen) atoms. The summed E-state index contributed by atoms with van der Waals surface area (Å²) in [5, 5.41) is 0. The van der Waals surface area contributed by atoms with Crippen molar-refractivity contribution in [3.63, 3.8) is 0 Å². The molecule has 0 aliphatic carbocycles. The molecule has 0 amide bonds. The first-order valence-electron chi connectivity index (χ1n) is 6.13. The van der Waals surface area contributed by atoms with Gasteiger partial charge in [0.1, 0.15) is 0 Å². The third kappa shape index (κ3) is 2.45. The second-order valence-electron chi connectivity index (χ2n) is 4.10. The number of hydrogen-bond donors (Lipinski definition) is 0. The molecule has 2 aromatic rings. The molecule has 0 N–H and O–H groups in total. The van der Waals surface area contributed by atoms with Crippen LogP contribution in [0, 0.1) is 0 Å². The molecule has 0 aliphatic heterocycles. The van der Waals surface area contributed by atoms with Gasteiger partial charge in [-0.3, -0.25) is 4.79 Å². The molecule has 1 atom stereocenters. The largest absolute Gasteiger partial charge is 0.488 e. The van der Waals surface area contributed by atoms with E-state index in [9.17, 15) is 4.79 Å². The van der Waals surface area contributed by atoms with Crippen LogP contribution in [0.25, 0.3) is 0 Å². The van der Waals surface area contributed by atoms with Crippen LogP contribution in [-0.4, -0.2) is 11.2 Å². The van der Waals surface area contributed by atoms with Crippen molar-refractivity contribution in [2.45, 2.75) is 19.9 Å². The standard InChI is InChI=1S/C15H17NO2/c1-3-18-14-10-7-11-16(15(14)17)12(2)13-8-5-4-6-9-13/h4-12H,3H2,1-2H3. The highest BCUT2D eigenvalue weighted by Gasteiger charge is 2.11. The number of aromatic nitrogens is 1. The van der Waals surface area contributed by atoms with E-state index < -0.39 is 0 Å². The van der Waals surface area contributed by atoms with Gasteiger partial charge in [0.05, 0.1) is 12.6 Å². The van der Waals surface area contributed by atoms with Crippen molar-refractivity contribution in [3.05, 3.63) is 64.6 Å². The van der Waals surface area contributed by atoms with Crippen LogP contribution in [-0.2, 0) is 0 Å². The zero-order valence-corrected chi connectivity index (χ0v) is 10.7. The summed E-state index contributed by atoms with van der Waals surface area (Å²) in [6, 6.07) is 13.5. The number of pyridine rings is 1. The summed E-state index contributed by atoms with van der Waals surface area (Å²) >= 11 is 0. The summed E-state index contributed by atoms with van der Waals surface area (Å²) in [4.78, 5) is 12.2. The lowest BCUT2D eigenvalue weighted by Gasteiger charge is -2.16. The first-order chi connectivity index (χ1) is 8.74. The summed E-state index contributed by atoms with van der Waals surface area (Å²) < 4.78 is 7.02. The molecular weight excluding hydrogens is 226 g/mol. The fraction of sp³-hybridized carbons (Fsp3) is 0.267. The molecule has 1 unspecified atom stereocenters. The van der Waals surface area contributed by atoms with E-state index in [2.05, 4.69) is 0 Å². The first kappa shape index (κ1) is 12.4. The summed E-state index contributed by atoms with van der Waals surface area (Å²) in [6.07, 6.45) is 1.79. The molecule has 1 aromatic heterocycles. The summed E-state index contributed by atoms with van der Waals surface area (Å²) in [5.41, 5.74) is 1.02. The molecule has 1 heterocycles. The van der Waals surface area contributed by atoms with E-state index in [4.69, 9.17) is 4.74 Å². The Morgan fingerprint density at radius 2 is 1.89 bits per heavy atom. The van der Waals surface area contributed by atoms with Crippen LogP contribution in [0.5, 0.6) is 5.75 Å². The molecule has 0 radical (unpaired) electrons. The lowest BCUT2D eigenvalue weighted by atomic mass is 10.1. The van der Waals surface area contributed by atoms with Crippen molar-refractivity contribution in [2.24, 2.45) is 0 Å². The average Bonchev–Trinajstić information content (AvgIpc) is 2.42. The molecule has 0 bridgehead atoms. The second-order valence-corrected chi connectivity index (χ2v) is 4.10. The maximum Gasteiger partial charge on any atom is 0.293 e. The van der Waals surface area contributed by atoms with Crippen LogP contribution >= 0.6 is 0 Å². The molecule has 0 aliphatic rings. The Kier molecular flexibility index (Phi) is 3.82. The van der Waals surface area contributed by atoms with Gasteiger partial charge in [-0.05, 0) is 31.5 Å². The normalized spacial score (nSPS) is 12.1. The molecule has 0 spiro atoms. The van der Waals surface area contributed by atoms with Crippen molar-refractivity contribution in [2.75, 3.05) is 6.61 Å². The maximum absolute atomic E-state index is 12.2. The molecule has 1 aromatic carbocycles. The number of rotatable bonds is 4. The zero-order chi connectivity index (χ0) is 13.0. The van der Waals surface area contributed by atoms with E-state index in [1.807, 2.05) is 50.2 Å². The van der Waals surface area contributed by atoms with Gasteiger partial charge in [0.25, 0.3) is 5.56 Å². The number of nitrogens with zero attached hydrogens (tertiary/aromatic N) is 1. The SMILES string of the molecule is CCOc1cccn(C(C)c2ccccc2)c1=O. The molecule has 94 valence electrons. The fourth-order valence-electron chi connectivity index (χ4n) is 1.95. The first-order valence-corrected chi connectivity index (χ1v) is 6.13. The van der Waals surface area contributed by atoms with E-state index in [0.29, 0.717) is 12.4 Å². The van der Waals surface area contributed by atoms with Crippen LogP contribution in [0.2, 0.25) is 0 Å². The van der Waals surface area contributed by atoms with Gasteiger partial charge in [-0.1, -0.05) is 30.3 Å². The third-order valence-corrected chi connectivity index (χ3v) is 2.94. The lowest BCUT2D eigenvalue weighted by Crippen LogP contribution is -2.24. The van der Waals surface area contributed by atoms with Crippen molar-refractivity contribution < 1.29 is 4.74 Å². The minimum atomic E-state index is -0.0873. The van der Waals surface area contributed by atoms with Gasteiger partial charge in [0.2, 0.25) is 0 Å². The molecule has 3 heteroatoms. The van der Waals surface area contributed by atoms with Gasteiger partial charge in [-0.2, -0.15) is 0 Å². The van der Waals surface area contributed by atoms with Crippen molar-refractivity contribution in [1.29, 1.82) is 0 Å². The summed E-state index contributed by atoms with van der Waals surface area (Å²) in [7, 11) is 0. The van der Waals surface area contributed by atoms with Crippen LogP contribution < -0.4 is 10.3 Å². The van der Waals surface area contributed by atoms with Gasteiger partial charge in [0, 0.05) is 6.20 Å². The molecule has 0 saturated heterocycles. The van der Waals surface area contributed by atoms with Crippen LogP contribution in [0.15, 0.2) is 53.5 Å². The molecule has 0 fully saturated rings. The minimum absolute atomic E-state index is 0.000828. The van der Waals surface area contributed by atoms with E-state index in [1.165, 1.54) is 0 Å². The van der Waals surface area contributed by atoms with Gasteiger partial charge in [-0.15, -0.1) is 0 Å². The Labute approximate surface area is 107 Å². The number of benzene rings is 1.